The lowest BCUT2D eigenvalue weighted by Gasteiger charge is -2.20. The first-order valence-corrected chi connectivity index (χ1v) is 12.0. The molecule has 0 heterocycles. The van der Waals surface area contributed by atoms with Crippen LogP contribution in [-0.2, 0) is 21.2 Å². The average molecular weight is 509 g/mol. The highest BCUT2D eigenvalue weighted by Crippen LogP contribution is 2.31. The molecule has 0 aromatic heterocycles. The van der Waals surface area contributed by atoms with Crippen LogP contribution < -0.4 is 19.5 Å². The van der Waals surface area contributed by atoms with Gasteiger partial charge in [-0.05, 0) is 36.2 Å². The van der Waals surface area contributed by atoms with Crippen LogP contribution in [0.2, 0.25) is 10.0 Å². The average Bonchev–Trinajstić information content (AvgIpc) is 2.81. The van der Waals surface area contributed by atoms with Gasteiger partial charge in [0.1, 0.15) is 6.04 Å². The van der Waals surface area contributed by atoms with E-state index < -0.39 is 22.0 Å². The summed E-state index contributed by atoms with van der Waals surface area (Å²) in [5.74, 6) is 0.0350. The predicted octanol–water partition coefficient (Wildman–Crippen LogP) is 4.54. The van der Waals surface area contributed by atoms with Gasteiger partial charge in [-0.25, -0.2) is 8.42 Å². The van der Waals surface area contributed by atoms with Gasteiger partial charge in [0.05, 0.1) is 34.8 Å². The molecule has 1 amide bonds. The molecule has 0 saturated heterocycles. The summed E-state index contributed by atoms with van der Waals surface area (Å²) in [6.07, 6.45) is 0.109. The molecule has 3 aromatic rings. The number of carbonyl (C=O) groups is 1. The van der Waals surface area contributed by atoms with E-state index >= 15 is 0 Å². The first kappa shape index (κ1) is 24.9. The number of benzene rings is 3. The molecule has 0 bridgehead atoms. The smallest absolute Gasteiger partial charge is 0.242 e. The van der Waals surface area contributed by atoms with Gasteiger partial charge in [-0.3, -0.25) is 4.79 Å². The lowest BCUT2D eigenvalue weighted by molar-refractivity contribution is -0.117. The van der Waals surface area contributed by atoms with E-state index in [1.54, 1.807) is 42.5 Å². The molecule has 0 aliphatic heterocycles. The van der Waals surface area contributed by atoms with E-state index in [2.05, 4.69) is 10.0 Å². The van der Waals surface area contributed by atoms with Gasteiger partial charge in [0.2, 0.25) is 15.9 Å². The first-order valence-electron chi connectivity index (χ1n) is 9.78. The van der Waals surface area contributed by atoms with Crippen molar-refractivity contribution in [2.24, 2.45) is 0 Å². The molecule has 0 unspecified atom stereocenters. The summed E-state index contributed by atoms with van der Waals surface area (Å²) in [5.41, 5.74) is 1.04. The van der Waals surface area contributed by atoms with Crippen LogP contribution in [0.4, 0.5) is 5.69 Å². The maximum Gasteiger partial charge on any atom is 0.242 e. The van der Waals surface area contributed by atoms with Gasteiger partial charge in [0.15, 0.2) is 11.5 Å². The van der Waals surface area contributed by atoms with Crippen molar-refractivity contribution in [3.8, 4) is 11.5 Å². The number of hydrogen-bond acceptors (Lipinski definition) is 5. The molecule has 3 aromatic carbocycles. The van der Waals surface area contributed by atoms with Crippen LogP contribution in [0.3, 0.4) is 0 Å². The number of hydrogen-bond donors (Lipinski definition) is 2. The highest BCUT2D eigenvalue weighted by Gasteiger charge is 2.27. The van der Waals surface area contributed by atoms with Crippen LogP contribution in [0, 0.1) is 0 Å². The van der Waals surface area contributed by atoms with Crippen molar-refractivity contribution in [3.63, 3.8) is 0 Å². The van der Waals surface area contributed by atoms with Gasteiger partial charge in [-0.1, -0.05) is 59.6 Å². The minimum atomic E-state index is -4.10. The summed E-state index contributed by atoms with van der Waals surface area (Å²) in [7, 11) is -1.24. The lowest BCUT2D eigenvalue weighted by Crippen LogP contribution is -2.45. The van der Waals surface area contributed by atoms with Crippen molar-refractivity contribution in [3.05, 3.63) is 82.3 Å². The Morgan fingerprint density at radius 3 is 2.30 bits per heavy atom. The summed E-state index contributed by atoms with van der Waals surface area (Å²) in [5, 5.41) is 3.08. The van der Waals surface area contributed by atoms with E-state index in [-0.39, 0.29) is 32.8 Å². The van der Waals surface area contributed by atoms with Crippen molar-refractivity contribution in [2.75, 3.05) is 19.5 Å². The summed E-state index contributed by atoms with van der Waals surface area (Å²) >= 11 is 12.2. The van der Waals surface area contributed by atoms with Crippen molar-refractivity contribution in [2.45, 2.75) is 17.4 Å². The summed E-state index contributed by atoms with van der Waals surface area (Å²) in [6.45, 7) is 0. The zero-order chi connectivity index (χ0) is 24.0. The number of halogens is 2. The number of carbonyl (C=O) groups excluding carboxylic acids is 1. The number of nitrogens with one attached hydrogen (secondary N) is 2. The van der Waals surface area contributed by atoms with Gasteiger partial charge in [-0.15, -0.1) is 0 Å². The molecular weight excluding hydrogens is 487 g/mol. The topological polar surface area (TPSA) is 93.7 Å². The lowest BCUT2D eigenvalue weighted by atomic mass is 10.1. The molecule has 0 aliphatic rings. The van der Waals surface area contributed by atoms with E-state index in [4.69, 9.17) is 32.7 Å². The fourth-order valence-electron chi connectivity index (χ4n) is 3.10. The van der Waals surface area contributed by atoms with Crippen LogP contribution in [0.15, 0.2) is 71.6 Å². The third-order valence-corrected chi connectivity index (χ3v) is 7.06. The Labute approximate surface area is 202 Å². The minimum absolute atomic E-state index is 0.0770. The largest absolute Gasteiger partial charge is 0.493 e. The molecule has 3 rings (SSSR count). The molecule has 0 saturated carbocycles. The summed E-state index contributed by atoms with van der Waals surface area (Å²) < 4.78 is 39.1. The van der Waals surface area contributed by atoms with E-state index in [1.165, 1.54) is 32.4 Å². The zero-order valence-corrected chi connectivity index (χ0v) is 20.2. The molecule has 7 nitrogen and oxygen atoms in total. The quantitative estimate of drug-likeness (QED) is 0.442. The molecule has 2 N–H and O–H groups in total. The third-order valence-electron chi connectivity index (χ3n) is 4.77. The molecule has 10 heteroatoms. The fraction of sp³-hybridized carbons (Fsp3) is 0.174. The second kappa shape index (κ2) is 10.9. The van der Waals surface area contributed by atoms with E-state index in [0.717, 1.165) is 5.56 Å². The second-order valence-electron chi connectivity index (χ2n) is 6.97. The van der Waals surface area contributed by atoms with E-state index in [9.17, 15) is 13.2 Å². The summed E-state index contributed by atoms with van der Waals surface area (Å²) in [4.78, 5) is 13.1. The molecule has 0 fully saturated rings. The Hall–Kier alpha value is -2.78. The highest BCUT2D eigenvalue weighted by atomic mass is 35.5. The van der Waals surface area contributed by atoms with Crippen LogP contribution in [0.25, 0.3) is 0 Å². The standard InChI is InChI=1S/C23H22Cl2N2O5S/c1-31-20-12-11-16(14-21(20)32-2)33(29,30)27-19(13-15-7-4-3-5-8-15)23(28)26-18-10-6-9-17(24)22(18)25/h3-12,14,19,27H,13H2,1-2H3,(H,26,28)/t19-/m0/s1. The Bertz CT molecular complexity index is 1240. The minimum Gasteiger partial charge on any atom is -0.493 e. The Balaban J connectivity index is 1.92. The van der Waals surface area contributed by atoms with Crippen molar-refractivity contribution >= 4 is 44.8 Å². The molecule has 174 valence electrons. The fourth-order valence-corrected chi connectivity index (χ4v) is 4.66. The van der Waals surface area contributed by atoms with Gasteiger partial charge in [-0.2, -0.15) is 4.72 Å². The first-order chi connectivity index (χ1) is 15.7. The third kappa shape index (κ3) is 6.17. The molecule has 0 radical (unpaired) electrons. The maximum absolute atomic E-state index is 13.1. The number of methoxy groups -OCH3 is 2. The number of amides is 1. The predicted molar refractivity (Wildman–Crippen MR) is 129 cm³/mol. The van der Waals surface area contributed by atoms with Crippen molar-refractivity contribution in [1.82, 2.24) is 4.72 Å². The van der Waals surface area contributed by atoms with Crippen molar-refractivity contribution < 1.29 is 22.7 Å². The normalized spacial score (nSPS) is 12.1. The SMILES string of the molecule is COc1ccc(S(=O)(=O)N[C@@H](Cc2ccccc2)C(=O)Nc2cccc(Cl)c2Cl)cc1OC. The van der Waals surface area contributed by atoms with Crippen LogP contribution in [0.1, 0.15) is 5.56 Å². The molecule has 1 atom stereocenters. The number of ether oxygens (including phenoxy) is 2. The number of anilines is 1. The van der Waals surface area contributed by atoms with Gasteiger partial charge >= 0.3 is 0 Å². The summed E-state index contributed by atoms with van der Waals surface area (Å²) in [6, 6.07) is 16.9. The molecule has 0 aliphatic carbocycles. The zero-order valence-electron chi connectivity index (χ0n) is 17.8. The van der Waals surface area contributed by atoms with Crippen LogP contribution in [0.5, 0.6) is 11.5 Å². The molecule has 33 heavy (non-hydrogen) atoms. The Morgan fingerprint density at radius 2 is 1.64 bits per heavy atom. The van der Waals surface area contributed by atoms with Gasteiger partial charge in [0, 0.05) is 6.07 Å². The van der Waals surface area contributed by atoms with Gasteiger partial charge < -0.3 is 14.8 Å². The Kier molecular flexibility index (Phi) is 8.20. The maximum atomic E-state index is 13.1. The Morgan fingerprint density at radius 1 is 0.939 bits per heavy atom. The number of rotatable bonds is 9. The molecule has 0 spiro atoms. The van der Waals surface area contributed by atoms with Gasteiger partial charge in [0.25, 0.3) is 0 Å². The second-order valence-corrected chi connectivity index (χ2v) is 9.47. The van der Waals surface area contributed by atoms with Crippen LogP contribution >= 0.6 is 23.2 Å². The highest BCUT2D eigenvalue weighted by molar-refractivity contribution is 7.89. The monoisotopic (exact) mass is 508 g/mol. The van der Waals surface area contributed by atoms with Crippen molar-refractivity contribution in [1.29, 1.82) is 0 Å². The number of sulfonamides is 1. The van der Waals surface area contributed by atoms with E-state index in [0.29, 0.717) is 5.75 Å². The van der Waals surface area contributed by atoms with Crippen LogP contribution in [-0.4, -0.2) is 34.6 Å². The van der Waals surface area contributed by atoms with E-state index in [1.807, 2.05) is 6.07 Å². The molecular formula is C23H22Cl2N2O5S.